The van der Waals surface area contributed by atoms with Gasteiger partial charge in [-0.3, -0.25) is 9.71 Å². The lowest BCUT2D eigenvalue weighted by molar-refractivity contribution is 0.355. The highest BCUT2D eigenvalue weighted by atomic mass is 32.2. The van der Waals surface area contributed by atoms with E-state index in [0.717, 1.165) is 5.56 Å². The van der Waals surface area contributed by atoms with Gasteiger partial charge < -0.3 is 9.47 Å². The van der Waals surface area contributed by atoms with Gasteiger partial charge in [0.25, 0.3) is 10.0 Å². The van der Waals surface area contributed by atoms with Crippen LogP contribution in [0.5, 0.6) is 11.5 Å². The Morgan fingerprint density at radius 2 is 1.81 bits per heavy atom. The van der Waals surface area contributed by atoms with E-state index in [9.17, 15) is 8.42 Å². The minimum absolute atomic E-state index is 0.141. The van der Waals surface area contributed by atoms with E-state index in [1.165, 1.54) is 29.7 Å². The lowest BCUT2D eigenvalue weighted by atomic mass is 10.2. The van der Waals surface area contributed by atoms with Crippen molar-refractivity contribution in [2.75, 3.05) is 18.9 Å². The lowest BCUT2D eigenvalue weighted by Gasteiger charge is -2.07. The number of ether oxygens (including phenoxy) is 2. The summed E-state index contributed by atoms with van der Waals surface area (Å²) in [6, 6.07) is 11.7. The number of nitrogens with zero attached hydrogens (tertiary/aromatic N) is 2. The van der Waals surface area contributed by atoms with Gasteiger partial charge in [0, 0.05) is 17.8 Å². The van der Waals surface area contributed by atoms with Gasteiger partial charge in [-0.05, 0) is 48.0 Å². The van der Waals surface area contributed by atoms with Gasteiger partial charge in [0.1, 0.15) is 0 Å². The SMILES string of the molecule is COc1ccc(C=Nc2ccc(S(=O)(=O)Nc3nccs3)cc2)cc1OC. The largest absolute Gasteiger partial charge is 0.493 e. The number of aliphatic imine (C=N–C) groups is 1. The molecule has 140 valence electrons. The van der Waals surface area contributed by atoms with Crippen LogP contribution in [0.1, 0.15) is 5.56 Å². The molecule has 3 aromatic rings. The van der Waals surface area contributed by atoms with E-state index in [2.05, 4.69) is 14.7 Å². The zero-order chi connectivity index (χ0) is 19.3. The Balaban J connectivity index is 1.75. The molecule has 0 fully saturated rings. The van der Waals surface area contributed by atoms with Crippen LogP contribution in [0.4, 0.5) is 10.8 Å². The normalized spacial score (nSPS) is 11.5. The van der Waals surface area contributed by atoms with E-state index in [0.29, 0.717) is 22.3 Å². The molecule has 0 aliphatic carbocycles. The average molecular weight is 403 g/mol. The monoisotopic (exact) mass is 403 g/mol. The number of rotatable bonds is 7. The van der Waals surface area contributed by atoms with Crippen LogP contribution < -0.4 is 14.2 Å². The summed E-state index contributed by atoms with van der Waals surface area (Å²) in [5.74, 6) is 1.24. The Labute approximate surface area is 161 Å². The van der Waals surface area contributed by atoms with Crippen LogP contribution in [0.15, 0.2) is 63.9 Å². The molecule has 7 nitrogen and oxygen atoms in total. The van der Waals surface area contributed by atoms with Crippen LogP contribution >= 0.6 is 11.3 Å². The van der Waals surface area contributed by atoms with E-state index in [4.69, 9.17) is 9.47 Å². The Morgan fingerprint density at radius 1 is 1.07 bits per heavy atom. The van der Waals surface area contributed by atoms with Crippen molar-refractivity contribution in [1.82, 2.24) is 4.98 Å². The molecule has 1 aromatic heterocycles. The third-order valence-electron chi connectivity index (χ3n) is 3.57. The molecule has 0 spiro atoms. The smallest absolute Gasteiger partial charge is 0.263 e. The molecule has 3 rings (SSSR count). The predicted molar refractivity (Wildman–Crippen MR) is 106 cm³/mol. The Bertz CT molecular complexity index is 1030. The minimum atomic E-state index is -3.67. The van der Waals surface area contributed by atoms with Crippen molar-refractivity contribution < 1.29 is 17.9 Å². The first-order chi connectivity index (χ1) is 13.0. The number of anilines is 1. The molecule has 27 heavy (non-hydrogen) atoms. The zero-order valence-corrected chi connectivity index (χ0v) is 16.3. The van der Waals surface area contributed by atoms with E-state index < -0.39 is 10.0 Å². The predicted octanol–water partition coefficient (Wildman–Crippen LogP) is 3.71. The van der Waals surface area contributed by atoms with Gasteiger partial charge in [0.2, 0.25) is 0 Å². The quantitative estimate of drug-likeness (QED) is 0.608. The molecule has 0 saturated heterocycles. The zero-order valence-electron chi connectivity index (χ0n) is 14.6. The van der Waals surface area contributed by atoms with Crippen molar-refractivity contribution in [3.05, 3.63) is 59.6 Å². The number of thiazole rings is 1. The molecule has 1 N–H and O–H groups in total. The Kier molecular flexibility index (Phi) is 5.72. The summed E-state index contributed by atoms with van der Waals surface area (Å²) in [6.45, 7) is 0. The summed E-state index contributed by atoms with van der Waals surface area (Å²) in [4.78, 5) is 8.42. The first kappa shape index (κ1) is 18.9. The lowest BCUT2D eigenvalue weighted by Crippen LogP contribution is -2.12. The molecule has 0 atom stereocenters. The van der Waals surface area contributed by atoms with Crippen LogP contribution in [0.2, 0.25) is 0 Å². The molecular weight excluding hydrogens is 386 g/mol. The second-order valence-corrected chi connectivity index (χ2v) is 7.89. The van der Waals surface area contributed by atoms with Gasteiger partial charge in [-0.1, -0.05) is 0 Å². The second kappa shape index (κ2) is 8.19. The highest BCUT2D eigenvalue weighted by molar-refractivity contribution is 7.93. The molecule has 0 amide bonds. The Hall–Kier alpha value is -2.91. The van der Waals surface area contributed by atoms with Crippen molar-refractivity contribution in [3.63, 3.8) is 0 Å². The first-order valence-electron chi connectivity index (χ1n) is 7.80. The van der Waals surface area contributed by atoms with Crippen molar-refractivity contribution in [1.29, 1.82) is 0 Å². The molecule has 0 aliphatic rings. The van der Waals surface area contributed by atoms with Gasteiger partial charge >= 0.3 is 0 Å². The molecule has 9 heteroatoms. The summed E-state index contributed by atoms with van der Waals surface area (Å²) >= 11 is 1.21. The van der Waals surface area contributed by atoms with Crippen LogP contribution in [0.25, 0.3) is 0 Å². The third-order valence-corrected chi connectivity index (χ3v) is 5.74. The summed E-state index contributed by atoms with van der Waals surface area (Å²) in [5.41, 5.74) is 1.45. The number of sulfonamides is 1. The van der Waals surface area contributed by atoms with Gasteiger partial charge in [-0.2, -0.15) is 0 Å². The Morgan fingerprint density at radius 3 is 2.44 bits per heavy atom. The molecule has 1 heterocycles. The maximum absolute atomic E-state index is 12.3. The second-order valence-electron chi connectivity index (χ2n) is 5.31. The summed E-state index contributed by atoms with van der Waals surface area (Å²) in [5, 5.41) is 2.02. The van der Waals surface area contributed by atoms with Crippen LogP contribution in [0.3, 0.4) is 0 Å². The number of hydrogen-bond acceptors (Lipinski definition) is 7. The van der Waals surface area contributed by atoms with Gasteiger partial charge in [-0.15, -0.1) is 11.3 Å². The van der Waals surface area contributed by atoms with E-state index in [1.807, 2.05) is 6.07 Å². The maximum Gasteiger partial charge on any atom is 0.263 e. The molecule has 2 aromatic carbocycles. The number of hydrogen-bond donors (Lipinski definition) is 1. The number of aromatic nitrogens is 1. The van der Waals surface area contributed by atoms with Crippen molar-refractivity contribution >= 4 is 38.4 Å². The summed E-state index contributed by atoms with van der Waals surface area (Å²) in [6.07, 6.45) is 3.20. The molecule has 0 unspecified atom stereocenters. The van der Waals surface area contributed by atoms with Gasteiger partial charge in [0.05, 0.1) is 24.8 Å². The third kappa shape index (κ3) is 4.63. The van der Waals surface area contributed by atoms with Crippen LogP contribution in [-0.2, 0) is 10.0 Å². The molecule has 0 saturated carbocycles. The standard InChI is InChI=1S/C18H17N3O4S2/c1-24-16-8-3-13(11-17(16)25-2)12-20-14-4-6-15(7-5-14)27(22,23)21-18-19-9-10-26-18/h3-12H,1-2H3,(H,19,21). The van der Waals surface area contributed by atoms with E-state index in [-0.39, 0.29) is 4.90 Å². The van der Waals surface area contributed by atoms with Gasteiger partial charge in [0.15, 0.2) is 16.6 Å². The molecule has 0 radical (unpaired) electrons. The van der Waals surface area contributed by atoms with Crippen molar-refractivity contribution in [2.45, 2.75) is 4.90 Å². The summed E-state index contributed by atoms with van der Waals surface area (Å²) in [7, 11) is -0.527. The van der Waals surface area contributed by atoms with Crippen molar-refractivity contribution in [3.8, 4) is 11.5 Å². The van der Waals surface area contributed by atoms with E-state index in [1.54, 1.807) is 50.1 Å². The number of nitrogens with one attached hydrogen (secondary N) is 1. The molecular formula is C18H17N3O4S2. The number of methoxy groups -OCH3 is 2. The van der Waals surface area contributed by atoms with Gasteiger partial charge in [-0.25, -0.2) is 13.4 Å². The maximum atomic E-state index is 12.3. The molecule has 0 bridgehead atoms. The highest BCUT2D eigenvalue weighted by Crippen LogP contribution is 2.27. The average Bonchev–Trinajstić information content (AvgIpc) is 3.18. The summed E-state index contributed by atoms with van der Waals surface area (Å²) < 4.78 is 37.5. The molecule has 0 aliphatic heterocycles. The fraction of sp³-hybridized carbons (Fsp3) is 0.111. The van der Waals surface area contributed by atoms with Crippen LogP contribution in [-0.4, -0.2) is 33.8 Å². The van der Waals surface area contributed by atoms with Crippen LogP contribution in [0, 0.1) is 0 Å². The highest BCUT2D eigenvalue weighted by Gasteiger charge is 2.15. The number of benzene rings is 2. The fourth-order valence-corrected chi connectivity index (χ4v) is 4.03. The first-order valence-corrected chi connectivity index (χ1v) is 10.2. The minimum Gasteiger partial charge on any atom is -0.493 e. The van der Waals surface area contributed by atoms with Crippen molar-refractivity contribution in [2.24, 2.45) is 4.99 Å². The fourth-order valence-electron chi connectivity index (χ4n) is 2.24. The van der Waals surface area contributed by atoms with E-state index >= 15 is 0 Å². The topological polar surface area (TPSA) is 89.9 Å².